The summed E-state index contributed by atoms with van der Waals surface area (Å²) >= 11 is 0. The van der Waals surface area contributed by atoms with Crippen molar-refractivity contribution in [2.75, 3.05) is 31.6 Å². The molecular weight excluding hydrogens is 268 g/mol. The lowest BCUT2D eigenvalue weighted by Gasteiger charge is -2.20. The van der Waals surface area contributed by atoms with Gasteiger partial charge in [-0.15, -0.1) is 6.58 Å². The minimum Gasteiger partial charge on any atom is -0.489 e. The molecule has 0 saturated heterocycles. The molecule has 0 atom stereocenters. The Kier molecular flexibility index (Phi) is 7.04. The molecule has 5 nitrogen and oxygen atoms in total. The molecule has 0 unspecified atom stereocenters. The van der Waals surface area contributed by atoms with E-state index in [1.165, 1.54) is 4.90 Å². The molecule has 1 aromatic rings. The van der Waals surface area contributed by atoms with Crippen molar-refractivity contribution in [2.45, 2.75) is 6.92 Å². The van der Waals surface area contributed by atoms with Crippen molar-refractivity contribution in [3.63, 3.8) is 0 Å². The topological polar surface area (TPSA) is 61.8 Å². The summed E-state index contributed by atoms with van der Waals surface area (Å²) < 4.78 is 5.52. The molecule has 0 bridgehead atoms. The molecule has 0 saturated carbocycles. The number of benzene rings is 1. The van der Waals surface area contributed by atoms with E-state index in [9.17, 15) is 4.79 Å². The quantitative estimate of drug-likeness (QED) is 0.724. The number of carbonyl (C=O) groups is 1. The maximum absolute atomic E-state index is 12.1. The lowest BCUT2D eigenvalue weighted by Crippen LogP contribution is -2.37. The number of aliphatic hydroxyl groups is 1. The van der Waals surface area contributed by atoms with Crippen molar-refractivity contribution in [1.29, 1.82) is 0 Å². The van der Waals surface area contributed by atoms with Gasteiger partial charge in [0, 0.05) is 24.8 Å². The van der Waals surface area contributed by atoms with Gasteiger partial charge >= 0.3 is 6.03 Å². The highest BCUT2D eigenvalue weighted by molar-refractivity contribution is 5.89. The number of nitrogens with one attached hydrogen (secondary N) is 1. The zero-order valence-electron chi connectivity index (χ0n) is 12.3. The first-order valence-corrected chi connectivity index (χ1v) is 6.71. The molecule has 0 aliphatic carbocycles. The van der Waals surface area contributed by atoms with Crippen molar-refractivity contribution in [1.82, 2.24) is 4.90 Å². The number of aliphatic hydroxyl groups excluding tert-OH is 1. The Morgan fingerprint density at radius 1 is 1.52 bits per heavy atom. The maximum atomic E-state index is 12.1. The highest BCUT2D eigenvalue weighted by atomic mass is 16.5. The summed E-state index contributed by atoms with van der Waals surface area (Å²) in [6.07, 6.45) is 1.61. The Bertz CT molecular complexity index is 500. The maximum Gasteiger partial charge on any atom is 0.322 e. The van der Waals surface area contributed by atoms with Crippen molar-refractivity contribution in [3.8, 4) is 5.75 Å². The van der Waals surface area contributed by atoms with E-state index in [-0.39, 0.29) is 19.2 Å². The number of amides is 2. The highest BCUT2D eigenvalue weighted by Crippen LogP contribution is 2.18. The molecule has 21 heavy (non-hydrogen) atoms. The van der Waals surface area contributed by atoms with Crippen LogP contribution in [0.4, 0.5) is 10.5 Å². The van der Waals surface area contributed by atoms with Gasteiger partial charge in [0.05, 0.1) is 6.61 Å². The Labute approximate surface area is 125 Å². The lowest BCUT2D eigenvalue weighted by atomic mass is 10.3. The third kappa shape index (κ3) is 6.14. The molecule has 0 fully saturated rings. The van der Waals surface area contributed by atoms with Crippen LogP contribution in [0.5, 0.6) is 5.75 Å². The molecular formula is C16H22N2O3. The Morgan fingerprint density at radius 2 is 2.29 bits per heavy atom. The van der Waals surface area contributed by atoms with Gasteiger partial charge in [-0.25, -0.2) is 4.79 Å². The monoisotopic (exact) mass is 290 g/mol. The average Bonchev–Trinajstić information content (AvgIpc) is 2.45. The number of hydrogen-bond donors (Lipinski definition) is 2. The number of ether oxygens (including phenoxy) is 1. The van der Waals surface area contributed by atoms with Crippen LogP contribution in [0.1, 0.15) is 6.92 Å². The molecule has 2 N–H and O–H groups in total. The first kappa shape index (κ1) is 16.8. The van der Waals surface area contributed by atoms with E-state index in [1.54, 1.807) is 24.3 Å². The van der Waals surface area contributed by atoms with Gasteiger partial charge in [0.1, 0.15) is 12.4 Å². The van der Waals surface area contributed by atoms with Crippen LogP contribution >= 0.6 is 0 Å². The number of carbonyl (C=O) groups excluding carboxylic acids is 1. The van der Waals surface area contributed by atoms with E-state index < -0.39 is 0 Å². The van der Waals surface area contributed by atoms with E-state index in [1.807, 2.05) is 13.0 Å². The third-order valence-corrected chi connectivity index (χ3v) is 2.58. The number of rotatable bonds is 8. The Hall–Kier alpha value is -2.27. The fraction of sp³-hybridized carbons (Fsp3) is 0.312. The molecule has 0 heterocycles. The van der Waals surface area contributed by atoms with Gasteiger partial charge in [-0.05, 0) is 24.6 Å². The minimum absolute atomic E-state index is 0.0942. The van der Waals surface area contributed by atoms with Gasteiger partial charge < -0.3 is 20.1 Å². The van der Waals surface area contributed by atoms with Gasteiger partial charge in [-0.1, -0.05) is 18.7 Å². The first-order valence-electron chi connectivity index (χ1n) is 6.71. The Morgan fingerprint density at radius 3 is 2.90 bits per heavy atom. The summed E-state index contributed by atoms with van der Waals surface area (Å²) in [6.45, 7) is 10.2. The van der Waals surface area contributed by atoms with Gasteiger partial charge in [0.15, 0.2) is 0 Å². The molecule has 1 rings (SSSR count). The first-order chi connectivity index (χ1) is 10.1. The number of hydrogen-bond acceptors (Lipinski definition) is 3. The summed E-state index contributed by atoms with van der Waals surface area (Å²) in [5, 5.41) is 11.7. The van der Waals surface area contributed by atoms with Gasteiger partial charge in [0.25, 0.3) is 0 Å². The summed E-state index contributed by atoms with van der Waals surface area (Å²) in [5.74, 6) is 0.660. The smallest absolute Gasteiger partial charge is 0.322 e. The largest absolute Gasteiger partial charge is 0.489 e. The third-order valence-electron chi connectivity index (χ3n) is 2.58. The lowest BCUT2D eigenvalue weighted by molar-refractivity contribution is 0.195. The molecule has 114 valence electrons. The SMILES string of the molecule is C=CCN(CCO)C(=O)Nc1cccc(OCC(=C)C)c1. The summed E-state index contributed by atoms with van der Waals surface area (Å²) in [4.78, 5) is 13.5. The predicted octanol–water partition coefficient (Wildman–Crippen LogP) is 2.65. The van der Waals surface area contributed by atoms with Crippen LogP contribution in [0.25, 0.3) is 0 Å². The molecule has 1 aromatic carbocycles. The fourth-order valence-electron chi connectivity index (χ4n) is 1.62. The van der Waals surface area contributed by atoms with Crippen LogP contribution in [-0.2, 0) is 0 Å². The average molecular weight is 290 g/mol. The van der Waals surface area contributed by atoms with Crippen LogP contribution in [0.15, 0.2) is 49.1 Å². The molecule has 5 heteroatoms. The van der Waals surface area contributed by atoms with E-state index in [0.717, 1.165) is 5.57 Å². The van der Waals surface area contributed by atoms with Crippen molar-refractivity contribution in [2.24, 2.45) is 0 Å². The second-order valence-corrected chi connectivity index (χ2v) is 4.66. The van der Waals surface area contributed by atoms with Crippen LogP contribution in [0.2, 0.25) is 0 Å². The fourth-order valence-corrected chi connectivity index (χ4v) is 1.62. The van der Waals surface area contributed by atoms with Crippen LogP contribution < -0.4 is 10.1 Å². The summed E-state index contributed by atoms with van der Waals surface area (Å²) in [7, 11) is 0. The van der Waals surface area contributed by atoms with Crippen molar-refractivity contribution in [3.05, 3.63) is 49.1 Å². The number of urea groups is 1. The number of nitrogens with zero attached hydrogens (tertiary/aromatic N) is 1. The summed E-state index contributed by atoms with van der Waals surface area (Å²) in [6, 6.07) is 6.84. The molecule has 0 aliphatic heterocycles. The van der Waals surface area contributed by atoms with Crippen molar-refractivity contribution < 1.29 is 14.6 Å². The summed E-state index contributed by atoms with van der Waals surface area (Å²) in [5.41, 5.74) is 1.55. The minimum atomic E-state index is -0.291. The molecule has 0 spiro atoms. The van der Waals surface area contributed by atoms with Crippen LogP contribution in [-0.4, -0.2) is 42.3 Å². The zero-order valence-corrected chi connectivity index (χ0v) is 12.3. The van der Waals surface area contributed by atoms with Gasteiger partial charge in [0.2, 0.25) is 0 Å². The molecule has 0 aliphatic rings. The van der Waals surface area contributed by atoms with Gasteiger partial charge in [-0.3, -0.25) is 0 Å². The van der Waals surface area contributed by atoms with Gasteiger partial charge in [-0.2, -0.15) is 0 Å². The number of anilines is 1. The predicted molar refractivity (Wildman–Crippen MR) is 84.6 cm³/mol. The van der Waals surface area contributed by atoms with E-state index in [0.29, 0.717) is 24.6 Å². The van der Waals surface area contributed by atoms with Crippen LogP contribution in [0, 0.1) is 0 Å². The highest BCUT2D eigenvalue weighted by Gasteiger charge is 2.11. The zero-order chi connectivity index (χ0) is 15.7. The van der Waals surface area contributed by atoms with Crippen LogP contribution in [0.3, 0.4) is 0 Å². The van der Waals surface area contributed by atoms with Crippen molar-refractivity contribution >= 4 is 11.7 Å². The standard InChI is InChI=1S/C16H22N2O3/c1-4-8-18(9-10-19)16(20)17-14-6-5-7-15(11-14)21-12-13(2)3/h4-7,11,19H,1-2,8-10,12H2,3H3,(H,17,20). The second-order valence-electron chi connectivity index (χ2n) is 4.66. The second kappa shape index (κ2) is 8.81. The Balaban J connectivity index is 2.68. The van der Waals surface area contributed by atoms with E-state index in [2.05, 4.69) is 18.5 Å². The molecule has 0 aromatic heterocycles. The normalized spacial score (nSPS) is 9.81. The van der Waals surface area contributed by atoms with E-state index in [4.69, 9.17) is 9.84 Å². The van der Waals surface area contributed by atoms with E-state index >= 15 is 0 Å². The molecule has 0 radical (unpaired) electrons. The molecule has 2 amide bonds.